The normalized spacial score (nSPS) is 5.90. The van der Waals surface area contributed by atoms with Crippen LogP contribution in [0.5, 0.6) is 0 Å². The van der Waals surface area contributed by atoms with Gasteiger partial charge in [-0.2, -0.15) is 0 Å². The molecular weight excluding hydrogens is 346 g/mol. The second kappa shape index (κ2) is 16.3. The molecule has 0 unspecified atom stereocenters. The van der Waals surface area contributed by atoms with Gasteiger partial charge >= 0.3 is 21.1 Å². The molecule has 10 heavy (non-hydrogen) atoms. The molecule has 0 aromatic carbocycles. The van der Waals surface area contributed by atoms with E-state index in [0.29, 0.717) is 0 Å². The van der Waals surface area contributed by atoms with Crippen molar-refractivity contribution in [2.45, 2.75) is 0 Å². The van der Waals surface area contributed by atoms with Crippen LogP contribution in [0.25, 0.3) is 0 Å². The molecule has 0 heterocycles. The summed E-state index contributed by atoms with van der Waals surface area (Å²) in [6.07, 6.45) is 0. The quantitative estimate of drug-likeness (QED) is 0.317. The van der Waals surface area contributed by atoms with E-state index in [1.165, 1.54) is 0 Å². The van der Waals surface area contributed by atoms with Crippen LogP contribution in [0.4, 0.5) is 0 Å². The molecule has 0 aliphatic carbocycles. The molecule has 0 spiro atoms. The van der Waals surface area contributed by atoms with Gasteiger partial charge in [0.2, 0.25) is 0 Å². The summed E-state index contributed by atoms with van der Waals surface area (Å²) < 4.78 is 8.66. The monoisotopic (exact) mass is 359 g/mol. The zero-order chi connectivity index (χ0) is 4.50. The molecule has 0 atom stereocenters. The minimum Gasteiger partial charge on any atom is -0.790 e. The fourth-order valence-electron chi connectivity index (χ4n) is 0. The summed E-state index contributed by atoms with van der Waals surface area (Å²) in [5, 5.41) is 0. The van der Waals surface area contributed by atoms with Crippen molar-refractivity contribution in [3.05, 3.63) is 0 Å². The molecule has 0 saturated carbocycles. The Morgan fingerprint density at radius 2 is 1.00 bits per heavy atom. The maximum absolute atomic E-state index is 8.66. The first-order valence-corrected chi connectivity index (χ1v) is 2.24. The fraction of sp³-hybridized carbons (Fsp3) is 0. The average Bonchev–Trinajstić information content (AvgIpc) is 0.722. The number of rotatable bonds is 0. The summed E-state index contributed by atoms with van der Waals surface area (Å²) in [5.74, 6) is 0. The molecule has 10 heteroatoms. The summed E-state index contributed by atoms with van der Waals surface area (Å²) in [5.41, 5.74) is 0. The van der Waals surface area contributed by atoms with Crippen LogP contribution >= 0.6 is 7.82 Å². The first-order chi connectivity index (χ1) is 2.00. The summed E-state index contributed by atoms with van der Waals surface area (Å²) in [7, 11) is -5.14. The summed E-state index contributed by atoms with van der Waals surface area (Å²) >= 11 is 0. The van der Waals surface area contributed by atoms with E-state index in [1.807, 2.05) is 0 Å². The first kappa shape index (κ1) is 45.9. The van der Waals surface area contributed by atoms with Gasteiger partial charge in [0.15, 0.2) is 0 Å². The predicted octanol–water partition coefficient (Wildman–Crippen LogP) is -1.55. The standard InChI is InChI=1S/4H3N.H3O4P.Pt/c;;;;1-5(2,3)4;/h4*1H3;(H3,1,2,3,4);/q;;;;;+2/p-2. The van der Waals surface area contributed by atoms with Gasteiger partial charge in [0, 0.05) is 0 Å². The molecule has 8 nitrogen and oxygen atoms in total. The van der Waals surface area contributed by atoms with E-state index in [2.05, 4.69) is 0 Å². The Bertz CT molecular complexity index is 63.4. The third-order valence-corrected chi connectivity index (χ3v) is 0. The zero-order valence-electron chi connectivity index (χ0n) is 5.26. The maximum Gasteiger partial charge on any atom is 2.00 e. The van der Waals surface area contributed by atoms with E-state index in [1.54, 1.807) is 0 Å². The molecule has 0 aliphatic rings. The molecule has 0 bridgehead atoms. The van der Waals surface area contributed by atoms with Crippen LogP contribution in [0.3, 0.4) is 0 Å². The van der Waals surface area contributed by atoms with Crippen molar-refractivity contribution in [2.75, 3.05) is 0 Å². The second-order valence-electron chi connectivity index (χ2n) is 0.469. The van der Waals surface area contributed by atoms with Gasteiger partial charge in [0.1, 0.15) is 0 Å². The molecule has 13 N–H and O–H groups in total. The van der Waals surface area contributed by atoms with Gasteiger partial charge in [0.25, 0.3) is 0 Å². The summed E-state index contributed by atoms with van der Waals surface area (Å²) in [6.45, 7) is 0. The Kier molecular flexibility index (Phi) is 75.0. The molecule has 0 aliphatic heterocycles. The molecular formula is H13N4O4PPt. The molecule has 0 fully saturated rings. The summed E-state index contributed by atoms with van der Waals surface area (Å²) in [4.78, 5) is 24.3. The third kappa shape index (κ3) is 1240. The van der Waals surface area contributed by atoms with Gasteiger partial charge in [-0.05, 0) is 0 Å². The Hall–Kier alpha value is 0.638. The molecule has 72 valence electrons. The van der Waals surface area contributed by atoms with Gasteiger partial charge in [-0.3, -0.25) is 0 Å². The van der Waals surface area contributed by atoms with Crippen LogP contribution in [-0.2, 0) is 25.6 Å². The Morgan fingerprint density at radius 1 is 1.00 bits per heavy atom. The van der Waals surface area contributed by atoms with Crippen molar-refractivity contribution in [1.82, 2.24) is 24.6 Å². The van der Waals surface area contributed by atoms with Gasteiger partial charge in [-0.25, -0.2) is 0 Å². The predicted molar refractivity (Wildman–Crippen MR) is 29.9 cm³/mol. The van der Waals surface area contributed by atoms with Crippen LogP contribution in [0.1, 0.15) is 0 Å². The topological polar surface area (TPSA) is 223 Å². The molecule has 0 saturated heterocycles. The Morgan fingerprint density at radius 3 is 1.00 bits per heavy atom. The zero-order valence-corrected chi connectivity index (χ0v) is 8.43. The summed E-state index contributed by atoms with van der Waals surface area (Å²) in [6, 6.07) is 0. The van der Waals surface area contributed by atoms with Gasteiger partial charge < -0.3 is 43.8 Å². The van der Waals surface area contributed by atoms with Crippen LogP contribution in [0.15, 0.2) is 0 Å². The second-order valence-corrected chi connectivity index (χ2v) is 1.41. The molecule has 0 radical (unpaired) electrons. The molecule has 0 rings (SSSR count). The van der Waals surface area contributed by atoms with Gasteiger partial charge in [0.05, 0.1) is 7.82 Å². The van der Waals surface area contributed by atoms with E-state index in [9.17, 15) is 0 Å². The number of hydrogen-bond acceptors (Lipinski definition) is 7. The van der Waals surface area contributed by atoms with Crippen LogP contribution < -0.4 is 34.4 Å². The fourth-order valence-corrected chi connectivity index (χ4v) is 0. The van der Waals surface area contributed by atoms with Crippen molar-refractivity contribution in [3.8, 4) is 0 Å². The van der Waals surface area contributed by atoms with Crippen molar-refractivity contribution in [3.63, 3.8) is 0 Å². The van der Waals surface area contributed by atoms with Crippen molar-refractivity contribution in [2.24, 2.45) is 0 Å². The maximum atomic E-state index is 8.66. The number of phosphoric acid groups is 1. The average molecular weight is 359 g/mol. The number of hydrogen-bond donors (Lipinski definition) is 5. The Labute approximate surface area is 73.2 Å². The van der Waals surface area contributed by atoms with E-state index in [0.717, 1.165) is 0 Å². The molecule has 0 aromatic heterocycles. The van der Waals surface area contributed by atoms with Gasteiger partial charge in [-0.1, -0.05) is 0 Å². The van der Waals surface area contributed by atoms with Crippen molar-refractivity contribution in [1.29, 1.82) is 0 Å². The first-order valence-electron chi connectivity index (χ1n) is 0.748. The Balaban J connectivity index is -0.00000000800. The van der Waals surface area contributed by atoms with Crippen molar-refractivity contribution < 1.29 is 40.3 Å². The molecule has 0 aromatic rings. The van der Waals surface area contributed by atoms with Crippen molar-refractivity contribution >= 4 is 7.82 Å². The van der Waals surface area contributed by atoms with E-state index < -0.39 is 7.82 Å². The van der Waals surface area contributed by atoms with Crippen LogP contribution in [-0.4, -0.2) is 4.89 Å². The minimum absolute atomic E-state index is 0. The van der Waals surface area contributed by atoms with Crippen LogP contribution in [0, 0.1) is 0 Å². The largest absolute Gasteiger partial charge is 2.00 e. The van der Waals surface area contributed by atoms with Crippen LogP contribution in [0.2, 0.25) is 0 Å². The third-order valence-electron chi connectivity index (χ3n) is 0. The van der Waals surface area contributed by atoms with Gasteiger partial charge in [-0.15, -0.1) is 0 Å². The smallest absolute Gasteiger partial charge is 0.790 e. The SMILES string of the molecule is N.N.N.N.O=P([O-])([O-])O.[Pt+2]. The molecule has 0 amide bonds. The van der Waals surface area contributed by atoms with E-state index in [4.69, 9.17) is 19.2 Å². The van der Waals surface area contributed by atoms with E-state index >= 15 is 0 Å². The van der Waals surface area contributed by atoms with E-state index in [-0.39, 0.29) is 45.7 Å². The minimum atomic E-state index is -5.14.